The highest BCUT2D eigenvalue weighted by atomic mass is 32.1. The second-order valence-electron chi connectivity index (χ2n) is 5.32. The van der Waals surface area contributed by atoms with E-state index in [2.05, 4.69) is 43.1 Å². The Balaban J connectivity index is 1.87. The maximum absolute atomic E-state index is 3.59. The fourth-order valence-electron chi connectivity index (χ4n) is 2.83. The second-order valence-corrected chi connectivity index (χ2v) is 6.57. The first kappa shape index (κ1) is 14.0. The number of thiophene rings is 1. The molecule has 0 bridgehead atoms. The number of hydrogen-bond donors (Lipinski definition) is 1. The van der Waals surface area contributed by atoms with E-state index in [0.717, 1.165) is 19.1 Å². The van der Waals surface area contributed by atoms with E-state index in [1.807, 2.05) is 11.3 Å². The highest BCUT2D eigenvalue weighted by Crippen LogP contribution is 2.23. The molecular weight excluding hydrogens is 240 g/mol. The highest BCUT2D eigenvalue weighted by molar-refractivity contribution is 7.11. The van der Waals surface area contributed by atoms with Gasteiger partial charge in [-0.1, -0.05) is 13.8 Å². The number of aryl methyl sites for hydroxylation is 1. The monoisotopic (exact) mass is 266 g/mol. The minimum absolute atomic E-state index is 0.704. The lowest BCUT2D eigenvalue weighted by Gasteiger charge is -2.37. The van der Waals surface area contributed by atoms with Gasteiger partial charge in [0, 0.05) is 34.9 Å². The maximum Gasteiger partial charge on any atom is 0.0330 e. The van der Waals surface area contributed by atoms with Crippen LogP contribution in [-0.2, 0) is 13.0 Å². The minimum Gasteiger partial charge on any atom is -0.314 e. The molecule has 1 N–H and O–H groups in total. The Kier molecular flexibility index (Phi) is 5.22. The third-order valence-electron chi connectivity index (χ3n) is 3.93. The molecule has 2 heterocycles. The van der Waals surface area contributed by atoms with E-state index in [0.29, 0.717) is 6.04 Å². The molecule has 0 spiro atoms. The third kappa shape index (κ3) is 3.56. The number of nitrogens with zero attached hydrogens (tertiary/aromatic N) is 1. The van der Waals surface area contributed by atoms with Crippen LogP contribution in [0.25, 0.3) is 0 Å². The summed E-state index contributed by atoms with van der Waals surface area (Å²) in [5.41, 5.74) is 0. The van der Waals surface area contributed by atoms with Crippen molar-refractivity contribution in [3.8, 4) is 0 Å². The molecule has 1 aliphatic rings. The van der Waals surface area contributed by atoms with Gasteiger partial charge < -0.3 is 5.32 Å². The number of rotatable bonds is 5. The van der Waals surface area contributed by atoms with Gasteiger partial charge >= 0.3 is 0 Å². The molecule has 3 heteroatoms. The molecule has 2 atom stereocenters. The maximum atomic E-state index is 3.59. The number of piperidine rings is 1. The van der Waals surface area contributed by atoms with E-state index in [9.17, 15) is 0 Å². The lowest BCUT2D eigenvalue weighted by molar-refractivity contribution is 0.130. The normalized spacial score (nSPS) is 25.5. The van der Waals surface area contributed by atoms with Crippen LogP contribution in [0.2, 0.25) is 0 Å². The molecule has 0 aliphatic carbocycles. The zero-order valence-corrected chi connectivity index (χ0v) is 12.7. The quantitative estimate of drug-likeness (QED) is 0.880. The first-order valence-electron chi connectivity index (χ1n) is 7.28. The molecule has 2 unspecified atom stereocenters. The highest BCUT2D eigenvalue weighted by Gasteiger charge is 2.24. The Bertz CT molecular complexity index is 361. The van der Waals surface area contributed by atoms with Crippen molar-refractivity contribution in [1.82, 2.24) is 10.2 Å². The van der Waals surface area contributed by atoms with Gasteiger partial charge in [-0.2, -0.15) is 0 Å². The smallest absolute Gasteiger partial charge is 0.0330 e. The molecule has 0 radical (unpaired) electrons. The Morgan fingerprint density at radius 2 is 2.11 bits per heavy atom. The van der Waals surface area contributed by atoms with Crippen molar-refractivity contribution in [2.24, 2.45) is 0 Å². The molecule has 1 saturated heterocycles. The van der Waals surface area contributed by atoms with Crippen LogP contribution in [0, 0.1) is 0 Å². The minimum atomic E-state index is 0.704. The SMILES string of the molecule is CCNC1CCN(Cc2ccc(CC)s2)C(C)C1. The fraction of sp³-hybridized carbons (Fsp3) is 0.733. The number of hydrogen-bond acceptors (Lipinski definition) is 3. The summed E-state index contributed by atoms with van der Waals surface area (Å²) in [5.74, 6) is 0. The van der Waals surface area contributed by atoms with Gasteiger partial charge in [-0.15, -0.1) is 11.3 Å². The predicted octanol–water partition coefficient (Wildman–Crippen LogP) is 3.27. The van der Waals surface area contributed by atoms with Crippen molar-refractivity contribution in [2.45, 2.75) is 58.7 Å². The standard InChI is InChI=1S/C15H26N2S/c1-4-14-6-7-15(18-14)11-17-9-8-13(16-5-2)10-12(17)3/h6-7,12-13,16H,4-5,8-11H2,1-3H3. The van der Waals surface area contributed by atoms with Crippen LogP contribution in [0.5, 0.6) is 0 Å². The molecule has 1 aliphatic heterocycles. The molecule has 1 aromatic rings. The number of nitrogens with one attached hydrogen (secondary N) is 1. The first-order chi connectivity index (χ1) is 8.72. The van der Waals surface area contributed by atoms with E-state index < -0.39 is 0 Å². The van der Waals surface area contributed by atoms with Crippen molar-refractivity contribution < 1.29 is 0 Å². The molecule has 1 aromatic heterocycles. The average Bonchev–Trinajstić information content (AvgIpc) is 2.81. The van der Waals surface area contributed by atoms with Crippen LogP contribution in [0.3, 0.4) is 0 Å². The van der Waals surface area contributed by atoms with Crippen LogP contribution < -0.4 is 5.32 Å². The average molecular weight is 266 g/mol. The van der Waals surface area contributed by atoms with Gasteiger partial charge in [0.05, 0.1) is 0 Å². The van der Waals surface area contributed by atoms with Gasteiger partial charge in [-0.25, -0.2) is 0 Å². The van der Waals surface area contributed by atoms with Crippen molar-refractivity contribution >= 4 is 11.3 Å². The Labute approximate surface area is 115 Å². The molecule has 1 fully saturated rings. The van der Waals surface area contributed by atoms with Crippen molar-refractivity contribution in [1.29, 1.82) is 0 Å². The van der Waals surface area contributed by atoms with E-state index >= 15 is 0 Å². The van der Waals surface area contributed by atoms with Gasteiger partial charge in [0.1, 0.15) is 0 Å². The Morgan fingerprint density at radius 3 is 2.72 bits per heavy atom. The predicted molar refractivity (Wildman–Crippen MR) is 80.3 cm³/mol. The summed E-state index contributed by atoms with van der Waals surface area (Å²) in [6, 6.07) is 6.04. The molecule has 2 nitrogen and oxygen atoms in total. The van der Waals surface area contributed by atoms with E-state index in [4.69, 9.17) is 0 Å². The topological polar surface area (TPSA) is 15.3 Å². The summed E-state index contributed by atoms with van der Waals surface area (Å²) in [6.07, 6.45) is 3.76. The van der Waals surface area contributed by atoms with Gasteiger partial charge in [-0.3, -0.25) is 4.90 Å². The molecule has 102 valence electrons. The van der Waals surface area contributed by atoms with Crippen molar-refractivity contribution in [3.05, 3.63) is 21.9 Å². The lowest BCUT2D eigenvalue weighted by Crippen LogP contribution is -2.46. The van der Waals surface area contributed by atoms with Gasteiger partial charge in [0.2, 0.25) is 0 Å². The van der Waals surface area contributed by atoms with E-state index in [-0.39, 0.29) is 0 Å². The molecule has 2 rings (SSSR count). The summed E-state index contributed by atoms with van der Waals surface area (Å²) >= 11 is 1.98. The summed E-state index contributed by atoms with van der Waals surface area (Å²) in [5, 5.41) is 3.59. The van der Waals surface area contributed by atoms with Crippen LogP contribution in [0.4, 0.5) is 0 Å². The van der Waals surface area contributed by atoms with Crippen molar-refractivity contribution in [2.75, 3.05) is 13.1 Å². The fourth-order valence-corrected chi connectivity index (χ4v) is 3.81. The van der Waals surface area contributed by atoms with Crippen molar-refractivity contribution in [3.63, 3.8) is 0 Å². The number of likely N-dealkylation sites (tertiary alicyclic amines) is 1. The van der Waals surface area contributed by atoms with Gasteiger partial charge in [-0.05, 0) is 44.9 Å². The Morgan fingerprint density at radius 1 is 1.33 bits per heavy atom. The van der Waals surface area contributed by atoms with E-state index in [1.54, 1.807) is 0 Å². The lowest BCUT2D eigenvalue weighted by atomic mass is 9.98. The Hall–Kier alpha value is -0.380. The summed E-state index contributed by atoms with van der Waals surface area (Å²) in [7, 11) is 0. The summed E-state index contributed by atoms with van der Waals surface area (Å²) in [4.78, 5) is 5.68. The molecular formula is C15H26N2S. The van der Waals surface area contributed by atoms with Gasteiger partial charge in [0.15, 0.2) is 0 Å². The van der Waals surface area contributed by atoms with Crippen LogP contribution >= 0.6 is 11.3 Å². The van der Waals surface area contributed by atoms with Crippen LogP contribution in [0.15, 0.2) is 12.1 Å². The molecule has 0 saturated carbocycles. The molecule has 18 heavy (non-hydrogen) atoms. The molecule has 0 aromatic carbocycles. The van der Waals surface area contributed by atoms with Crippen LogP contribution in [-0.4, -0.2) is 30.1 Å². The van der Waals surface area contributed by atoms with Crippen LogP contribution in [0.1, 0.15) is 43.4 Å². The zero-order chi connectivity index (χ0) is 13.0. The molecule has 0 amide bonds. The van der Waals surface area contributed by atoms with E-state index in [1.165, 1.54) is 35.6 Å². The zero-order valence-electron chi connectivity index (χ0n) is 11.9. The third-order valence-corrected chi connectivity index (χ3v) is 5.15. The van der Waals surface area contributed by atoms with Gasteiger partial charge in [0.25, 0.3) is 0 Å². The second kappa shape index (κ2) is 6.69. The summed E-state index contributed by atoms with van der Waals surface area (Å²) < 4.78 is 0. The summed E-state index contributed by atoms with van der Waals surface area (Å²) in [6.45, 7) is 10.3. The first-order valence-corrected chi connectivity index (χ1v) is 8.09. The largest absolute Gasteiger partial charge is 0.314 e.